The zero-order valence-corrected chi connectivity index (χ0v) is 13.1. The predicted molar refractivity (Wildman–Crippen MR) is 86.1 cm³/mol. The van der Waals surface area contributed by atoms with Crippen molar-refractivity contribution in [2.45, 2.75) is 13.3 Å². The molecule has 0 aliphatic heterocycles. The number of hydrogen-bond donors (Lipinski definition) is 1. The Morgan fingerprint density at radius 1 is 1.19 bits per heavy atom. The van der Waals surface area contributed by atoms with E-state index >= 15 is 0 Å². The maximum atomic E-state index is 5.89. The van der Waals surface area contributed by atoms with E-state index in [1.807, 2.05) is 30.3 Å². The van der Waals surface area contributed by atoms with Crippen LogP contribution in [0.3, 0.4) is 0 Å². The molecule has 0 aliphatic rings. The summed E-state index contributed by atoms with van der Waals surface area (Å²) in [6.45, 7) is 2.12. The quantitative estimate of drug-likeness (QED) is 0.741. The summed E-state index contributed by atoms with van der Waals surface area (Å²) in [6, 6.07) is 13.8. The van der Waals surface area contributed by atoms with E-state index in [2.05, 4.69) is 50.5 Å². The van der Waals surface area contributed by atoms with Crippen molar-refractivity contribution in [2.24, 2.45) is 0 Å². The molecule has 0 saturated heterocycles. The third-order valence-corrected chi connectivity index (χ3v) is 3.67. The standard InChI is InChI=1S/C15H14BrN5/c1-2-10-4-3-5-14(6-10)21-15(18-19-20-21)11-7-12(16)9-13(17)8-11/h3-9H,2,17H2,1H3. The summed E-state index contributed by atoms with van der Waals surface area (Å²) in [5, 5.41) is 12.0. The number of tetrazole rings is 1. The minimum absolute atomic E-state index is 0.663. The van der Waals surface area contributed by atoms with Gasteiger partial charge < -0.3 is 5.73 Å². The number of aromatic nitrogens is 4. The van der Waals surface area contributed by atoms with Gasteiger partial charge >= 0.3 is 0 Å². The van der Waals surface area contributed by atoms with Gasteiger partial charge in [0.1, 0.15) is 0 Å². The SMILES string of the molecule is CCc1cccc(-n2nnnc2-c2cc(N)cc(Br)c2)c1. The largest absolute Gasteiger partial charge is 0.399 e. The summed E-state index contributed by atoms with van der Waals surface area (Å²) in [6.07, 6.45) is 0.967. The Labute approximate surface area is 130 Å². The van der Waals surface area contributed by atoms with Crippen LogP contribution < -0.4 is 5.73 Å². The van der Waals surface area contributed by atoms with E-state index in [0.717, 1.165) is 22.1 Å². The summed E-state index contributed by atoms with van der Waals surface area (Å²) < 4.78 is 2.62. The Morgan fingerprint density at radius 2 is 2.05 bits per heavy atom. The molecule has 0 bridgehead atoms. The summed E-state index contributed by atoms with van der Waals surface area (Å²) >= 11 is 3.44. The lowest BCUT2D eigenvalue weighted by atomic mass is 10.1. The second kappa shape index (κ2) is 5.65. The number of halogens is 1. The summed E-state index contributed by atoms with van der Waals surface area (Å²) in [7, 11) is 0. The van der Waals surface area contributed by atoms with Gasteiger partial charge in [0.05, 0.1) is 5.69 Å². The van der Waals surface area contributed by atoms with Gasteiger partial charge in [0.15, 0.2) is 5.82 Å². The minimum Gasteiger partial charge on any atom is -0.399 e. The van der Waals surface area contributed by atoms with Crippen LogP contribution in [-0.2, 0) is 6.42 Å². The van der Waals surface area contributed by atoms with Gasteiger partial charge in [-0.05, 0) is 52.7 Å². The van der Waals surface area contributed by atoms with Gasteiger partial charge in [-0.2, -0.15) is 4.68 Å². The highest BCUT2D eigenvalue weighted by Crippen LogP contribution is 2.26. The number of rotatable bonds is 3. The van der Waals surface area contributed by atoms with Crippen molar-refractivity contribution < 1.29 is 0 Å². The fourth-order valence-electron chi connectivity index (χ4n) is 2.19. The first-order chi connectivity index (χ1) is 10.2. The molecular formula is C15H14BrN5. The van der Waals surface area contributed by atoms with Crippen molar-refractivity contribution >= 4 is 21.6 Å². The zero-order chi connectivity index (χ0) is 14.8. The zero-order valence-electron chi connectivity index (χ0n) is 11.5. The van der Waals surface area contributed by atoms with E-state index in [1.54, 1.807) is 4.68 Å². The molecule has 3 rings (SSSR count). The van der Waals surface area contributed by atoms with Gasteiger partial charge in [-0.1, -0.05) is 35.0 Å². The Balaban J connectivity index is 2.12. The lowest BCUT2D eigenvalue weighted by Gasteiger charge is -2.07. The molecule has 0 fully saturated rings. The number of nitrogen functional groups attached to an aromatic ring is 1. The van der Waals surface area contributed by atoms with E-state index in [9.17, 15) is 0 Å². The van der Waals surface area contributed by atoms with E-state index in [0.29, 0.717) is 11.5 Å². The molecule has 0 aliphatic carbocycles. The smallest absolute Gasteiger partial charge is 0.187 e. The molecule has 21 heavy (non-hydrogen) atoms. The Bertz CT molecular complexity index is 761. The highest BCUT2D eigenvalue weighted by atomic mass is 79.9. The molecular weight excluding hydrogens is 330 g/mol. The Kier molecular flexibility index (Phi) is 3.70. The van der Waals surface area contributed by atoms with Crippen LogP contribution in [0.4, 0.5) is 5.69 Å². The molecule has 1 aromatic heterocycles. The highest BCUT2D eigenvalue weighted by molar-refractivity contribution is 9.10. The molecule has 0 atom stereocenters. The number of hydrogen-bond acceptors (Lipinski definition) is 4. The number of nitrogens with two attached hydrogens (primary N) is 1. The van der Waals surface area contributed by atoms with Crippen LogP contribution in [0.1, 0.15) is 12.5 Å². The van der Waals surface area contributed by atoms with Crippen LogP contribution in [0.15, 0.2) is 46.9 Å². The molecule has 1 heterocycles. The minimum atomic E-state index is 0.663. The second-order valence-corrected chi connectivity index (χ2v) is 5.63. The van der Waals surface area contributed by atoms with Crippen LogP contribution in [0.25, 0.3) is 17.1 Å². The summed E-state index contributed by atoms with van der Waals surface area (Å²) in [4.78, 5) is 0. The Morgan fingerprint density at radius 3 is 2.81 bits per heavy atom. The summed E-state index contributed by atoms with van der Waals surface area (Å²) in [5.74, 6) is 0.663. The van der Waals surface area contributed by atoms with E-state index in [-0.39, 0.29) is 0 Å². The molecule has 5 nitrogen and oxygen atoms in total. The van der Waals surface area contributed by atoms with Crippen LogP contribution in [-0.4, -0.2) is 20.2 Å². The van der Waals surface area contributed by atoms with Crippen molar-refractivity contribution in [3.05, 3.63) is 52.5 Å². The average molecular weight is 344 g/mol. The van der Waals surface area contributed by atoms with Crippen molar-refractivity contribution in [1.29, 1.82) is 0 Å². The highest BCUT2D eigenvalue weighted by Gasteiger charge is 2.12. The molecule has 2 N–H and O–H groups in total. The van der Waals surface area contributed by atoms with Crippen molar-refractivity contribution in [3.63, 3.8) is 0 Å². The van der Waals surface area contributed by atoms with E-state index in [1.165, 1.54) is 5.56 Å². The first kappa shape index (κ1) is 13.8. The van der Waals surface area contributed by atoms with Gasteiger partial charge in [-0.25, -0.2) is 0 Å². The number of anilines is 1. The van der Waals surface area contributed by atoms with Gasteiger partial charge in [-0.15, -0.1) is 5.10 Å². The first-order valence-electron chi connectivity index (χ1n) is 6.61. The Hall–Kier alpha value is -2.21. The molecule has 3 aromatic rings. The van der Waals surface area contributed by atoms with Crippen LogP contribution >= 0.6 is 15.9 Å². The van der Waals surface area contributed by atoms with Gasteiger partial charge in [0.2, 0.25) is 0 Å². The van der Waals surface area contributed by atoms with E-state index < -0.39 is 0 Å². The van der Waals surface area contributed by atoms with Crippen LogP contribution in [0.5, 0.6) is 0 Å². The van der Waals surface area contributed by atoms with Crippen molar-refractivity contribution in [2.75, 3.05) is 5.73 Å². The monoisotopic (exact) mass is 343 g/mol. The fraction of sp³-hybridized carbons (Fsp3) is 0.133. The number of benzene rings is 2. The molecule has 0 spiro atoms. The third kappa shape index (κ3) is 2.80. The normalized spacial score (nSPS) is 10.8. The second-order valence-electron chi connectivity index (χ2n) is 4.71. The molecule has 0 unspecified atom stereocenters. The average Bonchev–Trinajstić information content (AvgIpc) is 2.96. The van der Waals surface area contributed by atoms with E-state index in [4.69, 9.17) is 5.73 Å². The molecule has 106 valence electrons. The van der Waals surface area contributed by atoms with Crippen LogP contribution in [0.2, 0.25) is 0 Å². The van der Waals surface area contributed by atoms with Gasteiger partial charge in [0, 0.05) is 15.7 Å². The fourth-order valence-corrected chi connectivity index (χ4v) is 2.70. The van der Waals surface area contributed by atoms with Crippen molar-refractivity contribution in [1.82, 2.24) is 20.2 Å². The van der Waals surface area contributed by atoms with Gasteiger partial charge in [0.25, 0.3) is 0 Å². The number of aryl methyl sites for hydroxylation is 1. The predicted octanol–water partition coefficient (Wildman–Crippen LogP) is 3.24. The molecule has 0 radical (unpaired) electrons. The topological polar surface area (TPSA) is 69.6 Å². The number of nitrogens with zero attached hydrogens (tertiary/aromatic N) is 4. The lowest BCUT2D eigenvalue weighted by molar-refractivity contribution is 0.790. The third-order valence-electron chi connectivity index (χ3n) is 3.21. The van der Waals surface area contributed by atoms with Crippen molar-refractivity contribution in [3.8, 4) is 17.1 Å². The maximum absolute atomic E-state index is 5.89. The van der Waals surface area contributed by atoms with Gasteiger partial charge in [-0.3, -0.25) is 0 Å². The maximum Gasteiger partial charge on any atom is 0.187 e. The van der Waals surface area contributed by atoms with Crippen LogP contribution in [0, 0.1) is 0 Å². The molecule has 6 heteroatoms. The molecule has 0 amide bonds. The molecule has 0 saturated carbocycles. The summed E-state index contributed by atoms with van der Waals surface area (Å²) in [5.41, 5.74) is 9.60. The first-order valence-corrected chi connectivity index (χ1v) is 7.41. The molecule has 2 aromatic carbocycles. The lowest BCUT2D eigenvalue weighted by Crippen LogP contribution is -2.01.